The molecule has 1 aromatic carbocycles. The van der Waals surface area contributed by atoms with Crippen molar-refractivity contribution in [2.24, 2.45) is 5.92 Å². The molecule has 0 aliphatic heterocycles. The number of nitrogens with one attached hydrogen (secondary N) is 2. The third-order valence-corrected chi connectivity index (χ3v) is 2.70. The van der Waals surface area contributed by atoms with Gasteiger partial charge in [-0.3, -0.25) is 4.79 Å². The van der Waals surface area contributed by atoms with Crippen molar-refractivity contribution in [2.45, 2.75) is 13.1 Å². The van der Waals surface area contributed by atoms with Crippen molar-refractivity contribution in [1.29, 1.82) is 0 Å². The summed E-state index contributed by atoms with van der Waals surface area (Å²) in [6.45, 7) is 2.72. The number of hydrogen-bond acceptors (Lipinski definition) is 2. The van der Waals surface area contributed by atoms with E-state index >= 15 is 0 Å². The Balaban J connectivity index is 2.82. The number of carbonyl (C=O) groups is 1. The van der Waals surface area contributed by atoms with Crippen LogP contribution in [0, 0.1) is 11.7 Å². The van der Waals surface area contributed by atoms with Gasteiger partial charge in [-0.1, -0.05) is 6.92 Å². The molecule has 0 radical (unpaired) electrons. The van der Waals surface area contributed by atoms with Gasteiger partial charge >= 0.3 is 6.18 Å². The molecule has 0 aromatic heterocycles. The first-order chi connectivity index (χ1) is 9.25. The van der Waals surface area contributed by atoms with Crippen LogP contribution in [-0.2, 0) is 6.18 Å². The van der Waals surface area contributed by atoms with E-state index in [1.807, 2.05) is 6.92 Å². The molecule has 0 heterocycles. The van der Waals surface area contributed by atoms with Crippen LogP contribution in [0.25, 0.3) is 0 Å². The van der Waals surface area contributed by atoms with Crippen LogP contribution in [0.2, 0.25) is 0 Å². The van der Waals surface area contributed by atoms with Crippen molar-refractivity contribution in [3.05, 3.63) is 35.1 Å². The predicted octanol–water partition coefficient (Wildman–Crippen LogP) is 2.43. The van der Waals surface area contributed by atoms with E-state index in [1.165, 1.54) is 0 Å². The summed E-state index contributed by atoms with van der Waals surface area (Å²) in [5.74, 6) is -1.74. The Kier molecular flexibility index (Phi) is 5.50. The van der Waals surface area contributed by atoms with E-state index in [9.17, 15) is 22.4 Å². The van der Waals surface area contributed by atoms with Crippen molar-refractivity contribution < 1.29 is 22.4 Å². The first-order valence-corrected chi connectivity index (χ1v) is 6.05. The maximum absolute atomic E-state index is 13.4. The molecule has 2 N–H and O–H groups in total. The summed E-state index contributed by atoms with van der Waals surface area (Å²) in [6, 6.07) is 1.78. The first kappa shape index (κ1) is 16.4. The standard InChI is InChI=1S/C13H16F4N2O/c1-8(6-18-2)7-19-12(20)10-5-9(13(15,16)17)3-4-11(10)14/h3-5,8,18H,6-7H2,1-2H3,(H,19,20). The van der Waals surface area contributed by atoms with Gasteiger partial charge in [0.05, 0.1) is 11.1 Å². The monoisotopic (exact) mass is 292 g/mol. The summed E-state index contributed by atoms with van der Waals surface area (Å²) in [6.07, 6.45) is -4.61. The van der Waals surface area contributed by atoms with Crippen LogP contribution in [0.1, 0.15) is 22.8 Å². The van der Waals surface area contributed by atoms with Crippen molar-refractivity contribution in [3.63, 3.8) is 0 Å². The predicted molar refractivity (Wildman–Crippen MR) is 66.8 cm³/mol. The molecule has 1 amide bonds. The third-order valence-electron chi connectivity index (χ3n) is 2.70. The number of hydrogen-bond donors (Lipinski definition) is 2. The molecule has 7 heteroatoms. The van der Waals surface area contributed by atoms with Gasteiger partial charge in [0.2, 0.25) is 0 Å². The van der Waals surface area contributed by atoms with Gasteiger partial charge in [0.15, 0.2) is 0 Å². The molecule has 0 fully saturated rings. The Morgan fingerprint density at radius 1 is 1.30 bits per heavy atom. The van der Waals surface area contributed by atoms with Gasteiger partial charge in [0.1, 0.15) is 5.82 Å². The minimum Gasteiger partial charge on any atom is -0.352 e. The summed E-state index contributed by atoms with van der Waals surface area (Å²) < 4.78 is 51.0. The molecule has 112 valence electrons. The normalized spacial score (nSPS) is 13.1. The van der Waals surface area contributed by atoms with E-state index in [0.717, 1.165) is 0 Å². The Labute approximate surface area is 114 Å². The average Bonchev–Trinajstić information content (AvgIpc) is 2.35. The second-order valence-corrected chi connectivity index (χ2v) is 4.57. The SMILES string of the molecule is CNCC(C)CNC(=O)c1cc(C(F)(F)F)ccc1F. The molecule has 20 heavy (non-hydrogen) atoms. The second kappa shape index (κ2) is 6.69. The maximum atomic E-state index is 13.4. The molecule has 0 aliphatic carbocycles. The highest BCUT2D eigenvalue weighted by molar-refractivity contribution is 5.94. The van der Waals surface area contributed by atoms with Gasteiger partial charge in [-0.15, -0.1) is 0 Å². The van der Waals surface area contributed by atoms with Crippen molar-refractivity contribution in [1.82, 2.24) is 10.6 Å². The van der Waals surface area contributed by atoms with Crippen molar-refractivity contribution in [3.8, 4) is 0 Å². The van der Waals surface area contributed by atoms with E-state index in [4.69, 9.17) is 0 Å². The van der Waals surface area contributed by atoms with Gasteiger partial charge in [-0.25, -0.2) is 4.39 Å². The highest BCUT2D eigenvalue weighted by atomic mass is 19.4. The fourth-order valence-electron chi connectivity index (χ4n) is 1.66. The minimum absolute atomic E-state index is 0.0813. The molecule has 0 saturated heterocycles. The zero-order valence-corrected chi connectivity index (χ0v) is 11.1. The van der Waals surface area contributed by atoms with Gasteiger partial charge in [-0.2, -0.15) is 13.2 Å². The Bertz CT molecular complexity index is 474. The van der Waals surface area contributed by atoms with Gasteiger partial charge in [0, 0.05) is 6.54 Å². The zero-order chi connectivity index (χ0) is 15.3. The van der Waals surface area contributed by atoms with Crippen LogP contribution >= 0.6 is 0 Å². The van der Waals surface area contributed by atoms with Gasteiger partial charge in [-0.05, 0) is 37.7 Å². The highest BCUT2D eigenvalue weighted by Crippen LogP contribution is 2.30. The lowest BCUT2D eigenvalue weighted by Crippen LogP contribution is -2.32. The second-order valence-electron chi connectivity index (χ2n) is 4.57. The smallest absolute Gasteiger partial charge is 0.352 e. The topological polar surface area (TPSA) is 41.1 Å². The molecular formula is C13H16F4N2O. The van der Waals surface area contributed by atoms with E-state index in [1.54, 1.807) is 7.05 Å². The number of alkyl halides is 3. The summed E-state index contributed by atoms with van der Waals surface area (Å²) >= 11 is 0. The highest BCUT2D eigenvalue weighted by Gasteiger charge is 2.31. The lowest BCUT2D eigenvalue weighted by molar-refractivity contribution is -0.137. The van der Waals surface area contributed by atoms with Gasteiger partial charge in [0.25, 0.3) is 5.91 Å². The van der Waals surface area contributed by atoms with Crippen LogP contribution in [0.4, 0.5) is 17.6 Å². The summed E-state index contributed by atoms with van der Waals surface area (Å²) in [5, 5.41) is 5.31. The molecule has 1 aromatic rings. The quantitative estimate of drug-likeness (QED) is 0.818. The van der Waals surface area contributed by atoms with Crippen molar-refractivity contribution >= 4 is 5.91 Å². The molecule has 0 aliphatic rings. The summed E-state index contributed by atoms with van der Waals surface area (Å²) in [5.41, 5.74) is -1.65. The molecule has 0 saturated carbocycles. The fraction of sp³-hybridized carbons (Fsp3) is 0.462. The number of amides is 1. The van der Waals surface area contributed by atoms with Crippen LogP contribution in [0.3, 0.4) is 0 Å². The van der Waals surface area contributed by atoms with Crippen LogP contribution in [-0.4, -0.2) is 26.0 Å². The lowest BCUT2D eigenvalue weighted by atomic mass is 10.1. The van der Waals surface area contributed by atoms with Gasteiger partial charge < -0.3 is 10.6 Å². The Morgan fingerprint density at radius 3 is 2.50 bits per heavy atom. The number of carbonyl (C=O) groups excluding carboxylic acids is 1. The average molecular weight is 292 g/mol. The van der Waals surface area contributed by atoms with E-state index in [0.29, 0.717) is 24.7 Å². The van der Waals surface area contributed by atoms with Crippen LogP contribution in [0.5, 0.6) is 0 Å². The molecule has 0 bridgehead atoms. The maximum Gasteiger partial charge on any atom is 0.416 e. The minimum atomic E-state index is -4.61. The third kappa shape index (κ3) is 4.48. The molecule has 0 spiro atoms. The molecule has 1 atom stereocenters. The zero-order valence-electron chi connectivity index (χ0n) is 11.1. The van der Waals surface area contributed by atoms with Crippen molar-refractivity contribution in [2.75, 3.05) is 20.1 Å². The fourth-order valence-corrected chi connectivity index (χ4v) is 1.66. The van der Waals surface area contributed by atoms with Crippen LogP contribution in [0.15, 0.2) is 18.2 Å². The van der Waals surface area contributed by atoms with E-state index in [2.05, 4.69) is 10.6 Å². The molecule has 1 rings (SSSR count). The lowest BCUT2D eigenvalue weighted by Gasteiger charge is -2.13. The first-order valence-electron chi connectivity index (χ1n) is 6.05. The molecule has 1 unspecified atom stereocenters. The van der Waals surface area contributed by atoms with E-state index < -0.39 is 29.0 Å². The number of halogens is 4. The Hall–Kier alpha value is -1.63. The summed E-state index contributed by atoms with van der Waals surface area (Å²) in [7, 11) is 1.74. The Morgan fingerprint density at radius 2 is 1.95 bits per heavy atom. The molecular weight excluding hydrogens is 276 g/mol. The number of benzene rings is 1. The summed E-state index contributed by atoms with van der Waals surface area (Å²) in [4.78, 5) is 11.7. The largest absolute Gasteiger partial charge is 0.416 e. The number of rotatable bonds is 5. The molecule has 3 nitrogen and oxygen atoms in total. The van der Waals surface area contributed by atoms with E-state index in [-0.39, 0.29) is 12.5 Å². The van der Waals surface area contributed by atoms with Crippen LogP contribution < -0.4 is 10.6 Å².